The number of aryl methyl sites for hydroxylation is 1. The van der Waals surface area contributed by atoms with Crippen LogP contribution < -0.4 is 5.32 Å². The van der Waals surface area contributed by atoms with E-state index in [1.807, 2.05) is 0 Å². The molecule has 0 atom stereocenters. The van der Waals surface area contributed by atoms with Crippen molar-refractivity contribution < 1.29 is 18.0 Å². The lowest BCUT2D eigenvalue weighted by molar-refractivity contribution is 0.101. The normalized spacial score (nSPS) is 11.5. The maximum Gasteiger partial charge on any atom is 0.265 e. The quantitative estimate of drug-likeness (QED) is 0.825. The first-order valence-electron chi connectivity index (χ1n) is 7.08. The van der Waals surface area contributed by atoms with Crippen LogP contribution in [0, 0.1) is 6.92 Å². The Bertz CT molecular complexity index is 881. The Labute approximate surface area is 145 Å². The summed E-state index contributed by atoms with van der Waals surface area (Å²) in [5.74, 6) is -0.445. The number of benzene rings is 1. The molecule has 0 aliphatic carbocycles. The molecule has 6 nitrogen and oxygen atoms in total. The monoisotopic (exact) mass is 366 g/mol. The summed E-state index contributed by atoms with van der Waals surface area (Å²) in [6, 6.07) is 7.90. The van der Waals surface area contributed by atoms with Gasteiger partial charge in [-0.05, 0) is 44.2 Å². The molecule has 0 spiro atoms. The maximum atomic E-state index is 12.3. The molecule has 2 aromatic rings. The summed E-state index contributed by atoms with van der Waals surface area (Å²) in [6.07, 6.45) is 0. The number of anilines is 1. The predicted molar refractivity (Wildman–Crippen MR) is 94.3 cm³/mol. The van der Waals surface area contributed by atoms with Crippen LogP contribution >= 0.6 is 11.3 Å². The number of sulfonamides is 1. The van der Waals surface area contributed by atoms with Crippen LogP contribution in [0.1, 0.15) is 31.8 Å². The highest BCUT2D eigenvalue weighted by atomic mass is 32.2. The van der Waals surface area contributed by atoms with Gasteiger partial charge in [0.2, 0.25) is 10.0 Å². The van der Waals surface area contributed by atoms with Crippen LogP contribution in [0.3, 0.4) is 0 Å². The molecule has 0 radical (unpaired) electrons. The van der Waals surface area contributed by atoms with Gasteiger partial charge in [0.1, 0.15) is 0 Å². The van der Waals surface area contributed by atoms with E-state index < -0.39 is 10.0 Å². The molecule has 0 saturated heterocycles. The van der Waals surface area contributed by atoms with Crippen molar-refractivity contribution in [2.24, 2.45) is 0 Å². The standard InChI is InChI=1S/C16H18N2O4S2/c1-10(19)12-5-7-13(8-6-12)17-16(20)14-9-15(11(2)23-14)24(21,22)18(3)4/h5-9H,1-4H3,(H,17,20). The lowest BCUT2D eigenvalue weighted by Gasteiger charge is -2.10. The Morgan fingerprint density at radius 1 is 1.12 bits per heavy atom. The molecule has 24 heavy (non-hydrogen) atoms. The third kappa shape index (κ3) is 3.72. The van der Waals surface area contributed by atoms with E-state index in [1.54, 1.807) is 31.2 Å². The smallest absolute Gasteiger partial charge is 0.265 e. The number of carbonyl (C=O) groups is 2. The Morgan fingerprint density at radius 3 is 2.21 bits per heavy atom. The Balaban J connectivity index is 2.24. The lowest BCUT2D eigenvalue weighted by Crippen LogP contribution is -2.22. The fraction of sp³-hybridized carbons (Fsp3) is 0.250. The highest BCUT2D eigenvalue weighted by Crippen LogP contribution is 2.28. The van der Waals surface area contributed by atoms with E-state index in [0.29, 0.717) is 21.0 Å². The molecule has 0 bridgehead atoms. The molecule has 2 rings (SSSR count). The minimum Gasteiger partial charge on any atom is -0.321 e. The summed E-state index contributed by atoms with van der Waals surface area (Å²) in [6.45, 7) is 3.13. The molecular weight excluding hydrogens is 348 g/mol. The van der Waals surface area contributed by atoms with Gasteiger partial charge >= 0.3 is 0 Å². The summed E-state index contributed by atoms with van der Waals surface area (Å²) in [7, 11) is -0.688. The van der Waals surface area contributed by atoms with Crippen LogP contribution in [0.25, 0.3) is 0 Å². The van der Waals surface area contributed by atoms with Crippen LogP contribution in [-0.4, -0.2) is 38.5 Å². The zero-order chi connectivity index (χ0) is 18.1. The first-order chi connectivity index (χ1) is 11.1. The third-order valence-corrected chi connectivity index (χ3v) is 6.52. The van der Waals surface area contributed by atoms with E-state index in [0.717, 1.165) is 15.6 Å². The molecule has 1 aromatic heterocycles. The second kappa shape index (κ2) is 6.84. The highest BCUT2D eigenvalue weighted by Gasteiger charge is 2.24. The van der Waals surface area contributed by atoms with Gasteiger partial charge in [-0.2, -0.15) is 0 Å². The van der Waals surface area contributed by atoms with Gasteiger partial charge < -0.3 is 5.32 Å². The van der Waals surface area contributed by atoms with Gasteiger partial charge in [0.15, 0.2) is 5.78 Å². The second-order valence-corrected chi connectivity index (χ2v) is 8.78. The third-order valence-electron chi connectivity index (χ3n) is 3.40. The Hall–Kier alpha value is -2.03. The number of amides is 1. The summed E-state index contributed by atoms with van der Waals surface area (Å²) in [4.78, 5) is 24.6. The minimum atomic E-state index is -3.58. The number of nitrogens with zero attached hydrogens (tertiary/aromatic N) is 1. The van der Waals surface area contributed by atoms with Crippen LogP contribution in [0.15, 0.2) is 35.2 Å². The number of hydrogen-bond acceptors (Lipinski definition) is 5. The van der Waals surface area contributed by atoms with E-state index >= 15 is 0 Å². The highest BCUT2D eigenvalue weighted by molar-refractivity contribution is 7.89. The fourth-order valence-electron chi connectivity index (χ4n) is 2.01. The number of nitrogens with one attached hydrogen (secondary N) is 1. The molecule has 0 unspecified atom stereocenters. The number of ketones is 1. The first-order valence-corrected chi connectivity index (χ1v) is 9.34. The number of Topliss-reactive ketones (excluding diaryl/α,β-unsaturated/α-hetero) is 1. The molecular formula is C16H18N2O4S2. The van der Waals surface area contributed by atoms with Gasteiger partial charge in [-0.3, -0.25) is 9.59 Å². The van der Waals surface area contributed by atoms with Crippen molar-refractivity contribution in [2.75, 3.05) is 19.4 Å². The van der Waals surface area contributed by atoms with Gasteiger partial charge in [-0.1, -0.05) is 0 Å². The zero-order valence-corrected chi connectivity index (χ0v) is 15.4. The lowest BCUT2D eigenvalue weighted by atomic mass is 10.1. The summed E-state index contributed by atoms with van der Waals surface area (Å²) < 4.78 is 25.5. The summed E-state index contributed by atoms with van der Waals surface area (Å²) >= 11 is 1.12. The van der Waals surface area contributed by atoms with Crippen molar-refractivity contribution >= 4 is 38.7 Å². The fourth-order valence-corrected chi connectivity index (χ4v) is 4.36. The van der Waals surface area contributed by atoms with E-state index in [2.05, 4.69) is 5.32 Å². The summed E-state index contributed by atoms with van der Waals surface area (Å²) in [5, 5.41) is 2.70. The van der Waals surface area contributed by atoms with Crippen molar-refractivity contribution in [3.05, 3.63) is 45.6 Å². The Morgan fingerprint density at radius 2 is 1.71 bits per heavy atom. The SMILES string of the molecule is CC(=O)c1ccc(NC(=O)c2cc(S(=O)(=O)N(C)C)c(C)s2)cc1. The van der Waals surface area contributed by atoms with Crippen molar-refractivity contribution in [1.29, 1.82) is 0 Å². The van der Waals surface area contributed by atoms with Gasteiger partial charge in [-0.25, -0.2) is 12.7 Å². The molecule has 0 fully saturated rings. The predicted octanol–water partition coefficient (Wildman–Crippen LogP) is 2.76. The zero-order valence-electron chi connectivity index (χ0n) is 13.8. The Kier molecular flexibility index (Phi) is 5.22. The number of carbonyl (C=O) groups excluding carboxylic acids is 2. The summed E-state index contributed by atoms with van der Waals surface area (Å²) in [5.41, 5.74) is 1.09. The van der Waals surface area contributed by atoms with Crippen molar-refractivity contribution in [3.8, 4) is 0 Å². The van der Waals surface area contributed by atoms with Crippen molar-refractivity contribution in [1.82, 2.24) is 4.31 Å². The van der Waals surface area contributed by atoms with Crippen LogP contribution in [0.4, 0.5) is 5.69 Å². The van der Waals surface area contributed by atoms with E-state index in [-0.39, 0.29) is 16.6 Å². The van der Waals surface area contributed by atoms with Crippen LogP contribution in [0.2, 0.25) is 0 Å². The topological polar surface area (TPSA) is 83.5 Å². The van der Waals surface area contributed by atoms with Crippen LogP contribution in [-0.2, 0) is 10.0 Å². The molecule has 0 aliphatic heterocycles. The number of rotatable bonds is 5. The van der Waals surface area contributed by atoms with E-state index in [1.165, 1.54) is 27.1 Å². The van der Waals surface area contributed by atoms with E-state index in [4.69, 9.17) is 0 Å². The molecule has 0 saturated carbocycles. The van der Waals surface area contributed by atoms with E-state index in [9.17, 15) is 18.0 Å². The average Bonchev–Trinajstić information content (AvgIpc) is 2.90. The van der Waals surface area contributed by atoms with Gasteiger partial charge in [0.25, 0.3) is 5.91 Å². The number of hydrogen-bond donors (Lipinski definition) is 1. The molecule has 1 amide bonds. The largest absolute Gasteiger partial charge is 0.321 e. The van der Waals surface area contributed by atoms with Gasteiger partial charge in [0.05, 0.1) is 9.77 Å². The minimum absolute atomic E-state index is 0.0553. The molecule has 0 aliphatic rings. The average molecular weight is 366 g/mol. The second-order valence-electron chi connectivity index (χ2n) is 5.41. The van der Waals surface area contributed by atoms with Crippen molar-refractivity contribution in [3.63, 3.8) is 0 Å². The number of thiophene rings is 1. The molecule has 128 valence electrons. The molecule has 1 aromatic carbocycles. The van der Waals surface area contributed by atoms with Crippen molar-refractivity contribution in [2.45, 2.75) is 18.7 Å². The van der Waals surface area contributed by atoms with Gasteiger partial charge in [-0.15, -0.1) is 11.3 Å². The van der Waals surface area contributed by atoms with Gasteiger partial charge in [0, 0.05) is 30.2 Å². The first kappa shape index (κ1) is 18.3. The molecule has 1 heterocycles. The van der Waals surface area contributed by atoms with Crippen LogP contribution in [0.5, 0.6) is 0 Å². The molecule has 1 N–H and O–H groups in total. The molecule has 8 heteroatoms. The maximum absolute atomic E-state index is 12.3.